The monoisotopic (exact) mass is 345 g/mol. The molecular weight excluding hydrogens is 330 g/mol. The summed E-state index contributed by atoms with van der Waals surface area (Å²) in [4.78, 5) is 13.4. The highest BCUT2D eigenvalue weighted by Gasteiger charge is 2.26. The molecule has 3 nitrogen and oxygen atoms in total. The van der Waals surface area contributed by atoms with Crippen molar-refractivity contribution in [1.82, 2.24) is 4.98 Å². The minimum absolute atomic E-state index is 0.954. The molecule has 0 bridgehead atoms. The van der Waals surface area contributed by atoms with E-state index in [9.17, 15) is 0 Å². The molecule has 0 fully saturated rings. The Labute approximate surface area is 155 Å². The predicted octanol–water partition coefficient (Wildman–Crippen LogP) is 4.13. The molecule has 126 valence electrons. The first kappa shape index (κ1) is 14.4. The zero-order chi connectivity index (χ0) is 17.8. The van der Waals surface area contributed by atoms with Crippen molar-refractivity contribution in [2.24, 2.45) is 9.98 Å². The summed E-state index contributed by atoms with van der Waals surface area (Å²) in [6.07, 6.45) is 2.16. The van der Waals surface area contributed by atoms with E-state index in [1.54, 1.807) is 0 Å². The smallest absolute Gasteiger partial charge is 0.0973 e. The van der Waals surface area contributed by atoms with Gasteiger partial charge in [0.15, 0.2) is 0 Å². The number of rotatable bonds is 1. The van der Waals surface area contributed by atoms with Gasteiger partial charge in [0.1, 0.15) is 0 Å². The molecule has 0 atom stereocenters. The van der Waals surface area contributed by atoms with Gasteiger partial charge in [-0.05, 0) is 30.3 Å². The van der Waals surface area contributed by atoms with Crippen molar-refractivity contribution in [3.63, 3.8) is 0 Å². The number of hydrogen-bond acceptors (Lipinski definition) is 2. The van der Waals surface area contributed by atoms with Crippen molar-refractivity contribution < 1.29 is 0 Å². The third kappa shape index (κ3) is 2.15. The second-order valence-corrected chi connectivity index (χ2v) is 6.82. The maximum Gasteiger partial charge on any atom is 0.0973 e. The molecule has 0 aliphatic carbocycles. The van der Waals surface area contributed by atoms with Gasteiger partial charge in [0, 0.05) is 27.3 Å². The lowest BCUT2D eigenvalue weighted by molar-refractivity contribution is 1.32. The zero-order valence-electron chi connectivity index (χ0n) is 14.5. The third-order valence-corrected chi connectivity index (χ3v) is 5.15. The number of nitrogens with one attached hydrogen (secondary N) is 1. The zero-order valence-corrected chi connectivity index (χ0v) is 14.5. The Morgan fingerprint density at radius 3 is 2.48 bits per heavy atom. The highest BCUT2D eigenvalue weighted by molar-refractivity contribution is 6.37. The second kappa shape index (κ2) is 5.39. The predicted molar refractivity (Wildman–Crippen MR) is 110 cm³/mol. The molecule has 4 aromatic rings. The van der Waals surface area contributed by atoms with Crippen LogP contribution in [0, 0.1) is 0 Å². The van der Waals surface area contributed by atoms with Crippen molar-refractivity contribution in [2.45, 2.75) is 0 Å². The lowest BCUT2D eigenvalue weighted by Crippen LogP contribution is -2.19. The molecule has 0 saturated heterocycles. The summed E-state index contributed by atoms with van der Waals surface area (Å²) in [6.45, 7) is 0. The summed E-state index contributed by atoms with van der Waals surface area (Å²) >= 11 is 0. The molecule has 2 aliphatic rings. The third-order valence-electron chi connectivity index (χ3n) is 5.15. The van der Waals surface area contributed by atoms with Crippen molar-refractivity contribution in [2.75, 3.05) is 0 Å². The molecule has 1 N–H and O–H groups in total. The Balaban J connectivity index is 1.64. The fourth-order valence-corrected chi connectivity index (χ4v) is 3.89. The van der Waals surface area contributed by atoms with Crippen LogP contribution in [-0.4, -0.2) is 10.7 Å². The van der Waals surface area contributed by atoms with Gasteiger partial charge in [-0.2, -0.15) is 0 Å². The summed E-state index contributed by atoms with van der Waals surface area (Å²) in [5.41, 5.74) is 7.28. The van der Waals surface area contributed by atoms with Crippen LogP contribution in [0.1, 0.15) is 11.3 Å². The molecule has 2 aliphatic heterocycles. The van der Waals surface area contributed by atoms with Gasteiger partial charge in [0.2, 0.25) is 0 Å². The van der Waals surface area contributed by atoms with Crippen LogP contribution in [0.5, 0.6) is 0 Å². The Morgan fingerprint density at radius 2 is 1.56 bits per heavy atom. The van der Waals surface area contributed by atoms with Crippen LogP contribution in [0.4, 0.5) is 5.69 Å². The summed E-state index contributed by atoms with van der Waals surface area (Å²) in [6, 6.07) is 27.0. The second-order valence-electron chi connectivity index (χ2n) is 6.82. The van der Waals surface area contributed by atoms with Gasteiger partial charge in [-0.1, -0.05) is 54.6 Å². The molecule has 0 amide bonds. The maximum absolute atomic E-state index is 4.95. The first-order valence-corrected chi connectivity index (χ1v) is 9.03. The van der Waals surface area contributed by atoms with Crippen molar-refractivity contribution in [3.05, 3.63) is 106 Å². The average molecular weight is 345 g/mol. The highest BCUT2D eigenvalue weighted by atomic mass is 14.9. The van der Waals surface area contributed by atoms with Crippen LogP contribution in [-0.2, 0) is 0 Å². The van der Waals surface area contributed by atoms with E-state index in [2.05, 4.69) is 65.7 Å². The fraction of sp³-hybridized carbons (Fsp3) is 0. The van der Waals surface area contributed by atoms with Gasteiger partial charge in [-0.25, -0.2) is 9.98 Å². The van der Waals surface area contributed by atoms with Crippen LogP contribution >= 0.6 is 0 Å². The topological polar surface area (TPSA) is 40.5 Å². The number of allylic oxidation sites excluding steroid dienone is 2. The Kier molecular flexibility index (Phi) is 2.88. The standard InChI is InChI=1S/C24H15N3/c1-4-10-18-15(7-1)13-21(25-18)23-17-9-3-6-12-20(17)27-24(23)22-14-16-8-2-5-11-19(16)26-22/h1-14,26H. The first-order valence-electron chi connectivity index (χ1n) is 9.03. The Hall–Kier alpha value is -3.72. The number of fused-ring (bicyclic) bond motifs is 3. The van der Waals surface area contributed by atoms with Gasteiger partial charge in [0.05, 0.1) is 28.1 Å². The van der Waals surface area contributed by atoms with E-state index in [0.717, 1.165) is 50.0 Å². The number of aliphatic imine (C=N–C) groups is 1. The van der Waals surface area contributed by atoms with E-state index in [0.29, 0.717) is 0 Å². The van der Waals surface area contributed by atoms with Gasteiger partial charge in [0.25, 0.3) is 0 Å². The largest absolute Gasteiger partial charge is 0.353 e. The molecule has 3 aromatic carbocycles. The molecule has 0 saturated carbocycles. The van der Waals surface area contributed by atoms with Crippen LogP contribution in [0.3, 0.4) is 0 Å². The van der Waals surface area contributed by atoms with Crippen molar-refractivity contribution >= 4 is 34.0 Å². The highest BCUT2D eigenvalue weighted by Crippen LogP contribution is 2.39. The van der Waals surface area contributed by atoms with Gasteiger partial charge in [-0.15, -0.1) is 0 Å². The summed E-state index contributed by atoms with van der Waals surface area (Å²) in [7, 11) is 0. The normalized spacial score (nSPS) is 17.3. The summed E-state index contributed by atoms with van der Waals surface area (Å²) in [5.74, 6) is 0. The van der Waals surface area contributed by atoms with E-state index in [1.165, 1.54) is 5.39 Å². The van der Waals surface area contributed by atoms with Gasteiger partial charge in [-0.3, -0.25) is 0 Å². The van der Waals surface area contributed by atoms with Crippen molar-refractivity contribution in [1.29, 1.82) is 0 Å². The molecular formula is C24H15N3. The average Bonchev–Trinajstić information content (AvgIpc) is 3.40. The van der Waals surface area contributed by atoms with E-state index >= 15 is 0 Å². The Bertz CT molecular complexity index is 1350. The molecule has 1 aromatic heterocycles. The maximum atomic E-state index is 4.95. The molecule has 27 heavy (non-hydrogen) atoms. The number of H-pyrrole nitrogens is 1. The van der Waals surface area contributed by atoms with Gasteiger partial charge >= 0.3 is 0 Å². The van der Waals surface area contributed by atoms with Crippen molar-refractivity contribution in [3.8, 4) is 0 Å². The fourth-order valence-electron chi connectivity index (χ4n) is 3.89. The van der Waals surface area contributed by atoms with Gasteiger partial charge < -0.3 is 4.98 Å². The van der Waals surface area contributed by atoms with Crippen LogP contribution in [0.15, 0.2) is 94.5 Å². The lowest BCUT2D eigenvalue weighted by atomic mass is 9.98. The summed E-state index contributed by atoms with van der Waals surface area (Å²) in [5, 5.41) is 3.35. The van der Waals surface area contributed by atoms with E-state index in [-0.39, 0.29) is 0 Å². The number of aromatic nitrogens is 1. The van der Waals surface area contributed by atoms with E-state index in [4.69, 9.17) is 9.98 Å². The van der Waals surface area contributed by atoms with Crippen LogP contribution < -0.4 is 10.6 Å². The number of para-hydroxylation sites is 3. The molecule has 0 radical (unpaired) electrons. The molecule has 3 heterocycles. The lowest BCUT2D eigenvalue weighted by Gasteiger charge is -2.05. The first-order chi connectivity index (χ1) is 13.4. The molecule has 6 rings (SSSR count). The van der Waals surface area contributed by atoms with Crippen LogP contribution in [0.25, 0.3) is 22.6 Å². The van der Waals surface area contributed by atoms with E-state index < -0.39 is 0 Å². The SMILES string of the molecule is C1=c2ccccc2=NC1=C1C(c2cc3ccccc3[nH]2)=Nc2ccccc21. The quantitative estimate of drug-likeness (QED) is 0.539. The minimum Gasteiger partial charge on any atom is -0.353 e. The molecule has 0 spiro atoms. The molecule has 3 heteroatoms. The van der Waals surface area contributed by atoms with Crippen LogP contribution in [0.2, 0.25) is 0 Å². The molecule has 0 unspecified atom stereocenters. The van der Waals surface area contributed by atoms with E-state index in [1.807, 2.05) is 24.3 Å². The number of hydrogen-bond donors (Lipinski definition) is 1. The minimum atomic E-state index is 0.954. The Morgan fingerprint density at radius 1 is 0.741 bits per heavy atom. The number of aromatic amines is 1. The summed E-state index contributed by atoms with van der Waals surface area (Å²) < 4.78 is 0. The number of benzene rings is 3. The number of nitrogens with zero attached hydrogens (tertiary/aromatic N) is 2.